The van der Waals surface area contributed by atoms with Crippen molar-refractivity contribution in [2.24, 2.45) is 0 Å². The number of hydrogen-bond donors (Lipinski definition) is 0. The summed E-state index contributed by atoms with van der Waals surface area (Å²) in [6.07, 6.45) is 0. The first-order valence-corrected chi connectivity index (χ1v) is 9.75. The van der Waals surface area contributed by atoms with Crippen molar-refractivity contribution in [3.63, 3.8) is 0 Å². The van der Waals surface area contributed by atoms with E-state index in [0.29, 0.717) is 0 Å². The highest BCUT2D eigenvalue weighted by Crippen LogP contribution is 2.48. The summed E-state index contributed by atoms with van der Waals surface area (Å²) in [5.74, 6) is 0. The average Bonchev–Trinajstić information content (AvgIpc) is 2.60. The zero-order valence-electron chi connectivity index (χ0n) is 18.0. The van der Waals surface area contributed by atoms with E-state index in [1.807, 2.05) is 0 Å². The largest absolute Gasteiger partial charge is 0.0440 e. The second-order valence-corrected chi connectivity index (χ2v) is 8.50. The van der Waals surface area contributed by atoms with Crippen molar-refractivity contribution < 1.29 is 0 Å². The van der Waals surface area contributed by atoms with E-state index in [0.717, 1.165) is 0 Å². The van der Waals surface area contributed by atoms with Gasteiger partial charge in [-0.05, 0) is 157 Å². The molecule has 4 aromatic rings. The molecule has 0 saturated carbocycles. The molecule has 0 radical (unpaired) electrons. The van der Waals surface area contributed by atoms with Crippen molar-refractivity contribution in [1.29, 1.82) is 0 Å². The number of aryl methyl sites for hydroxylation is 8. The van der Waals surface area contributed by atoms with Gasteiger partial charge in [0.2, 0.25) is 0 Å². The lowest BCUT2D eigenvalue weighted by Gasteiger charge is -2.27. The molecule has 0 amide bonds. The zero-order valence-corrected chi connectivity index (χ0v) is 18.0. The van der Waals surface area contributed by atoms with Crippen LogP contribution in [0.2, 0.25) is 0 Å². The molecule has 26 heavy (non-hydrogen) atoms. The Morgan fingerprint density at radius 2 is 0.346 bits per heavy atom. The molecule has 0 fully saturated rings. The summed E-state index contributed by atoms with van der Waals surface area (Å²) in [4.78, 5) is 0. The third-order valence-electron chi connectivity index (χ3n) is 7.62. The summed E-state index contributed by atoms with van der Waals surface area (Å²) in [6, 6.07) is 0. The van der Waals surface area contributed by atoms with Crippen LogP contribution in [0.3, 0.4) is 0 Å². The highest BCUT2D eigenvalue weighted by atomic mass is 14.3. The molecule has 0 aromatic heterocycles. The maximum Gasteiger partial charge on any atom is -0.00153 e. The minimum atomic E-state index is 1.45. The van der Waals surface area contributed by atoms with Crippen molar-refractivity contribution >= 4 is 32.3 Å². The first-order chi connectivity index (χ1) is 12.1. The van der Waals surface area contributed by atoms with Crippen LogP contribution in [0.1, 0.15) is 55.6 Å². The van der Waals surface area contributed by atoms with E-state index < -0.39 is 0 Å². The van der Waals surface area contributed by atoms with Gasteiger partial charge in [-0.1, -0.05) is 0 Å². The van der Waals surface area contributed by atoms with Crippen LogP contribution in [0, 0.1) is 69.2 Å². The van der Waals surface area contributed by atoms with Crippen LogP contribution in [-0.2, 0) is 0 Å². The Morgan fingerprint density at radius 1 is 0.192 bits per heavy atom. The Bertz CT molecular complexity index is 1060. The molecular formula is C26H30. The zero-order chi connectivity index (χ0) is 19.2. The van der Waals surface area contributed by atoms with Crippen molar-refractivity contribution in [1.82, 2.24) is 0 Å². The van der Waals surface area contributed by atoms with Crippen LogP contribution in [0.25, 0.3) is 32.3 Å². The minimum Gasteiger partial charge on any atom is -0.0440 e. The summed E-state index contributed by atoms with van der Waals surface area (Å²) in [6.45, 7) is 23.1. The van der Waals surface area contributed by atoms with Crippen LogP contribution < -0.4 is 0 Å². The maximum absolute atomic E-state index is 2.32. The van der Waals surface area contributed by atoms with Crippen LogP contribution in [0.15, 0.2) is 0 Å². The molecule has 0 aliphatic rings. The van der Waals surface area contributed by atoms with Crippen LogP contribution in [0.4, 0.5) is 0 Å². The monoisotopic (exact) mass is 342 g/mol. The summed E-state index contributed by atoms with van der Waals surface area (Å²) >= 11 is 0. The predicted molar refractivity (Wildman–Crippen MR) is 118 cm³/mol. The molecule has 134 valence electrons. The molecule has 0 aliphatic carbocycles. The van der Waals surface area contributed by atoms with Crippen molar-refractivity contribution in [2.45, 2.75) is 69.2 Å². The summed E-state index contributed by atoms with van der Waals surface area (Å²) in [7, 11) is 0. The van der Waals surface area contributed by atoms with E-state index in [2.05, 4.69) is 69.2 Å². The number of rotatable bonds is 0. The van der Waals surface area contributed by atoms with Gasteiger partial charge in [-0.2, -0.15) is 0 Å². The van der Waals surface area contributed by atoms with Gasteiger partial charge in [-0.15, -0.1) is 0 Å². The SMILES string of the molecule is Cc1c(C)c2c(C)c(C)c3c(C)c(C)c(C)c4c(C)c(C)c(c1C)c2c34. The van der Waals surface area contributed by atoms with E-state index in [1.165, 1.54) is 88.0 Å². The van der Waals surface area contributed by atoms with Gasteiger partial charge >= 0.3 is 0 Å². The van der Waals surface area contributed by atoms with E-state index in [1.54, 1.807) is 0 Å². The number of hydrogen-bond acceptors (Lipinski definition) is 0. The Kier molecular flexibility index (Phi) is 3.48. The highest BCUT2D eigenvalue weighted by Gasteiger charge is 2.24. The molecule has 0 bridgehead atoms. The molecule has 4 aromatic carbocycles. The number of benzene rings is 4. The first kappa shape index (κ1) is 17.3. The van der Waals surface area contributed by atoms with Gasteiger partial charge in [-0.25, -0.2) is 0 Å². The molecule has 0 heteroatoms. The molecule has 4 rings (SSSR count). The van der Waals surface area contributed by atoms with Crippen LogP contribution in [0.5, 0.6) is 0 Å². The highest BCUT2D eigenvalue weighted by molar-refractivity contribution is 6.29. The fraction of sp³-hybridized carbons (Fsp3) is 0.385. The maximum atomic E-state index is 2.32. The predicted octanol–water partition coefficient (Wildman–Crippen LogP) is 7.67. The van der Waals surface area contributed by atoms with Gasteiger partial charge in [-0.3, -0.25) is 0 Å². The molecule has 0 atom stereocenters. The Balaban J connectivity index is 2.63. The smallest absolute Gasteiger partial charge is 0.00153 e. The molecule has 0 spiro atoms. The standard InChI is InChI=1S/C26H30/c1-11-13(3)21-17(7)19(9)23-15(5)12(2)16(6)24-20(10)18(8)22(14(11)4)25(21)26(23)24/h1-10H3. The van der Waals surface area contributed by atoms with E-state index in [-0.39, 0.29) is 0 Å². The lowest BCUT2D eigenvalue weighted by molar-refractivity contribution is 1.26. The second kappa shape index (κ2) is 5.22. The van der Waals surface area contributed by atoms with Gasteiger partial charge < -0.3 is 0 Å². The van der Waals surface area contributed by atoms with Gasteiger partial charge in [0.15, 0.2) is 0 Å². The third kappa shape index (κ3) is 1.76. The summed E-state index contributed by atoms with van der Waals surface area (Å²) in [5.41, 5.74) is 14.6. The van der Waals surface area contributed by atoms with Crippen molar-refractivity contribution in [3.05, 3.63) is 55.6 Å². The second-order valence-electron chi connectivity index (χ2n) is 8.50. The lowest BCUT2D eigenvalue weighted by Crippen LogP contribution is -2.04. The Hall–Kier alpha value is -2.08. The topological polar surface area (TPSA) is 0 Å². The molecular weight excluding hydrogens is 312 g/mol. The van der Waals surface area contributed by atoms with Gasteiger partial charge in [0.1, 0.15) is 0 Å². The first-order valence-electron chi connectivity index (χ1n) is 9.75. The van der Waals surface area contributed by atoms with Gasteiger partial charge in [0.05, 0.1) is 0 Å². The minimum absolute atomic E-state index is 1.45. The third-order valence-corrected chi connectivity index (χ3v) is 7.62. The molecule has 0 N–H and O–H groups in total. The van der Waals surface area contributed by atoms with E-state index >= 15 is 0 Å². The quantitative estimate of drug-likeness (QED) is 0.288. The molecule has 0 saturated heterocycles. The van der Waals surface area contributed by atoms with Crippen molar-refractivity contribution in [3.8, 4) is 0 Å². The van der Waals surface area contributed by atoms with Gasteiger partial charge in [0, 0.05) is 0 Å². The molecule has 0 heterocycles. The van der Waals surface area contributed by atoms with E-state index in [9.17, 15) is 0 Å². The lowest BCUT2D eigenvalue weighted by atomic mass is 9.77. The molecule has 0 nitrogen and oxygen atoms in total. The van der Waals surface area contributed by atoms with Crippen LogP contribution in [-0.4, -0.2) is 0 Å². The van der Waals surface area contributed by atoms with Gasteiger partial charge in [0.25, 0.3) is 0 Å². The fourth-order valence-electron chi connectivity index (χ4n) is 5.44. The normalized spacial score (nSPS) is 12.2. The Morgan fingerprint density at radius 3 is 0.538 bits per heavy atom. The average molecular weight is 343 g/mol. The fourth-order valence-corrected chi connectivity index (χ4v) is 5.44. The molecule has 0 unspecified atom stereocenters. The van der Waals surface area contributed by atoms with Crippen molar-refractivity contribution in [2.75, 3.05) is 0 Å². The van der Waals surface area contributed by atoms with E-state index in [4.69, 9.17) is 0 Å². The Labute approximate surface area is 157 Å². The molecule has 0 aliphatic heterocycles. The summed E-state index contributed by atoms with van der Waals surface area (Å²) in [5, 5.41) is 8.97. The summed E-state index contributed by atoms with van der Waals surface area (Å²) < 4.78 is 0. The van der Waals surface area contributed by atoms with Crippen LogP contribution >= 0.6 is 0 Å².